The fourth-order valence-corrected chi connectivity index (χ4v) is 2.63. The molecule has 1 fully saturated rings. The molecular formula is C14H20ClN2O+. The van der Waals surface area contributed by atoms with Crippen molar-refractivity contribution in [2.45, 2.75) is 32.2 Å². The van der Waals surface area contributed by atoms with Crippen LogP contribution in [0.4, 0.5) is 5.69 Å². The molecule has 1 aromatic carbocycles. The van der Waals surface area contributed by atoms with Crippen molar-refractivity contribution in [2.24, 2.45) is 0 Å². The van der Waals surface area contributed by atoms with E-state index in [1.807, 2.05) is 19.1 Å². The molecule has 1 aliphatic heterocycles. The van der Waals surface area contributed by atoms with Gasteiger partial charge in [-0.2, -0.15) is 0 Å². The van der Waals surface area contributed by atoms with Crippen LogP contribution in [0.25, 0.3) is 0 Å². The second kappa shape index (κ2) is 6.21. The molecule has 0 radical (unpaired) electrons. The number of carbonyl (C=O) groups excluding carboxylic acids is 1. The fraction of sp³-hybridized carbons (Fsp3) is 0.500. The van der Waals surface area contributed by atoms with Crippen LogP contribution in [-0.2, 0) is 4.79 Å². The molecule has 1 saturated heterocycles. The fourth-order valence-electron chi connectivity index (χ4n) is 2.44. The number of rotatable bonds is 3. The Morgan fingerprint density at radius 2 is 2.06 bits per heavy atom. The molecule has 98 valence electrons. The van der Waals surface area contributed by atoms with Gasteiger partial charge in [0.05, 0.1) is 13.1 Å². The second-order valence-electron chi connectivity index (χ2n) is 4.94. The number of benzene rings is 1. The van der Waals surface area contributed by atoms with E-state index >= 15 is 0 Å². The van der Waals surface area contributed by atoms with Crippen LogP contribution in [0.15, 0.2) is 24.3 Å². The first-order valence-electron chi connectivity index (χ1n) is 6.58. The topological polar surface area (TPSA) is 33.5 Å². The van der Waals surface area contributed by atoms with Gasteiger partial charge in [0.25, 0.3) is 5.91 Å². The highest BCUT2D eigenvalue weighted by atomic mass is 35.5. The summed E-state index contributed by atoms with van der Waals surface area (Å²) in [5, 5.41) is 3.58. The van der Waals surface area contributed by atoms with Crippen LogP contribution in [0.1, 0.15) is 26.2 Å². The van der Waals surface area contributed by atoms with Crippen molar-refractivity contribution in [1.82, 2.24) is 0 Å². The van der Waals surface area contributed by atoms with Crippen LogP contribution in [-0.4, -0.2) is 25.0 Å². The third-order valence-corrected chi connectivity index (χ3v) is 3.83. The van der Waals surface area contributed by atoms with Crippen LogP contribution in [0, 0.1) is 0 Å². The molecule has 0 spiro atoms. The van der Waals surface area contributed by atoms with Crippen molar-refractivity contribution in [1.29, 1.82) is 0 Å². The third kappa shape index (κ3) is 3.47. The Morgan fingerprint density at radius 3 is 2.72 bits per heavy atom. The van der Waals surface area contributed by atoms with Crippen LogP contribution in [0.2, 0.25) is 5.02 Å². The summed E-state index contributed by atoms with van der Waals surface area (Å²) in [5.74, 6) is 0.0779. The molecule has 3 nitrogen and oxygen atoms in total. The van der Waals surface area contributed by atoms with Gasteiger partial charge in [-0.15, -0.1) is 0 Å². The highest BCUT2D eigenvalue weighted by Crippen LogP contribution is 2.14. The predicted molar refractivity (Wildman–Crippen MR) is 74.1 cm³/mol. The molecule has 1 aliphatic rings. The normalized spacial score (nSPS) is 18.3. The van der Waals surface area contributed by atoms with E-state index in [4.69, 9.17) is 11.6 Å². The number of piperidine rings is 1. The predicted octanol–water partition coefficient (Wildman–Crippen LogP) is 1.74. The smallest absolute Gasteiger partial charge is 0.282 e. The molecule has 1 amide bonds. The van der Waals surface area contributed by atoms with Gasteiger partial charge < -0.3 is 10.2 Å². The Balaban J connectivity index is 1.94. The SMILES string of the molecule is C[C@H](C(=O)Nc1cccc(Cl)c1)[NH+]1CCCCC1. The van der Waals surface area contributed by atoms with E-state index < -0.39 is 0 Å². The molecule has 18 heavy (non-hydrogen) atoms. The van der Waals surface area contributed by atoms with E-state index in [-0.39, 0.29) is 11.9 Å². The van der Waals surface area contributed by atoms with Gasteiger partial charge in [-0.25, -0.2) is 0 Å². The highest BCUT2D eigenvalue weighted by molar-refractivity contribution is 6.30. The maximum absolute atomic E-state index is 12.1. The lowest BCUT2D eigenvalue weighted by atomic mass is 10.1. The Labute approximate surface area is 113 Å². The summed E-state index contributed by atoms with van der Waals surface area (Å²) in [5.41, 5.74) is 0.774. The Hall–Kier alpha value is -1.06. The quantitative estimate of drug-likeness (QED) is 0.859. The Bertz CT molecular complexity index is 416. The molecule has 0 aromatic heterocycles. The van der Waals surface area contributed by atoms with Crippen molar-refractivity contribution in [2.75, 3.05) is 18.4 Å². The van der Waals surface area contributed by atoms with Gasteiger partial charge >= 0.3 is 0 Å². The third-order valence-electron chi connectivity index (χ3n) is 3.59. The molecule has 2 N–H and O–H groups in total. The largest absolute Gasteiger partial charge is 0.325 e. The average molecular weight is 268 g/mol. The van der Waals surface area contributed by atoms with Gasteiger partial charge in [-0.05, 0) is 44.4 Å². The number of nitrogens with one attached hydrogen (secondary N) is 2. The van der Waals surface area contributed by atoms with Crippen molar-refractivity contribution in [3.05, 3.63) is 29.3 Å². The summed E-state index contributed by atoms with van der Waals surface area (Å²) in [4.78, 5) is 13.5. The Morgan fingerprint density at radius 1 is 1.33 bits per heavy atom. The van der Waals surface area contributed by atoms with Gasteiger partial charge in [0.1, 0.15) is 0 Å². The number of anilines is 1. The molecule has 1 aromatic rings. The first kappa shape index (κ1) is 13.4. The number of likely N-dealkylation sites (tertiary alicyclic amines) is 1. The average Bonchev–Trinajstić information content (AvgIpc) is 2.39. The van der Waals surface area contributed by atoms with E-state index in [0.717, 1.165) is 18.8 Å². The zero-order chi connectivity index (χ0) is 13.0. The molecule has 0 aliphatic carbocycles. The first-order valence-corrected chi connectivity index (χ1v) is 6.95. The van der Waals surface area contributed by atoms with Crippen LogP contribution < -0.4 is 10.2 Å². The van der Waals surface area contributed by atoms with Crippen molar-refractivity contribution in [3.8, 4) is 0 Å². The molecule has 1 atom stereocenters. The van der Waals surface area contributed by atoms with Gasteiger partial charge in [-0.1, -0.05) is 17.7 Å². The number of carbonyl (C=O) groups is 1. The summed E-state index contributed by atoms with van der Waals surface area (Å²) < 4.78 is 0. The van der Waals surface area contributed by atoms with Gasteiger partial charge in [0, 0.05) is 10.7 Å². The summed E-state index contributed by atoms with van der Waals surface area (Å²) in [7, 11) is 0. The highest BCUT2D eigenvalue weighted by Gasteiger charge is 2.26. The molecule has 0 bridgehead atoms. The Kier molecular flexibility index (Phi) is 4.61. The minimum Gasteiger partial charge on any atom is -0.325 e. The van der Waals surface area contributed by atoms with Crippen LogP contribution >= 0.6 is 11.6 Å². The number of amides is 1. The summed E-state index contributed by atoms with van der Waals surface area (Å²) in [6.07, 6.45) is 3.75. The lowest BCUT2D eigenvalue weighted by molar-refractivity contribution is -0.918. The van der Waals surface area contributed by atoms with E-state index in [1.54, 1.807) is 12.1 Å². The number of hydrogen-bond acceptors (Lipinski definition) is 1. The van der Waals surface area contributed by atoms with Crippen LogP contribution in [0.3, 0.4) is 0 Å². The van der Waals surface area contributed by atoms with Crippen molar-refractivity contribution < 1.29 is 9.69 Å². The lowest BCUT2D eigenvalue weighted by Crippen LogP contribution is -3.17. The molecule has 2 rings (SSSR count). The zero-order valence-electron chi connectivity index (χ0n) is 10.7. The van der Waals surface area contributed by atoms with E-state index in [1.165, 1.54) is 24.2 Å². The zero-order valence-corrected chi connectivity index (χ0v) is 11.5. The number of halogens is 1. The molecule has 0 saturated carbocycles. The van der Waals surface area contributed by atoms with Gasteiger partial charge in [-0.3, -0.25) is 4.79 Å². The van der Waals surface area contributed by atoms with Gasteiger partial charge in [0.15, 0.2) is 6.04 Å². The maximum Gasteiger partial charge on any atom is 0.282 e. The van der Waals surface area contributed by atoms with Crippen molar-refractivity contribution >= 4 is 23.2 Å². The second-order valence-corrected chi connectivity index (χ2v) is 5.38. The number of hydrogen-bond donors (Lipinski definition) is 2. The summed E-state index contributed by atoms with van der Waals surface area (Å²) in [6.45, 7) is 4.20. The maximum atomic E-state index is 12.1. The van der Waals surface area contributed by atoms with Crippen molar-refractivity contribution in [3.63, 3.8) is 0 Å². The standard InChI is InChI=1S/C14H19ClN2O/c1-11(17-8-3-2-4-9-17)14(18)16-13-7-5-6-12(15)10-13/h5-7,10-11H,2-4,8-9H2,1H3,(H,16,18)/p+1/t11-/m1/s1. The first-order chi connectivity index (χ1) is 8.66. The summed E-state index contributed by atoms with van der Waals surface area (Å²) >= 11 is 5.90. The monoisotopic (exact) mass is 267 g/mol. The van der Waals surface area contributed by atoms with Crippen LogP contribution in [0.5, 0.6) is 0 Å². The van der Waals surface area contributed by atoms with Gasteiger partial charge in [0.2, 0.25) is 0 Å². The minimum atomic E-state index is 0.00396. The van der Waals surface area contributed by atoms with E-state index in [0.29, 0.717) is 5.02 Å². The lowest BCUT2D eigenvalue weighted by Gasteiger charge is -2.28. The van der Waals surface area contributed by atoms with E-state index in [2.05, 4.69) is 5.32 Å². The molecule has 1 heterocycles. The van der Waals surface area contributed by atoms with E-state index in [9.17, 15) is 4.79 Å². The molecule has 0 unspecified atom stereocenters. The summed E-state index contributed by atoms with van der Waals surface area (Å²) in [6, 6.07) is 7.29. The molecular weight excluding hydrogens is 248 g/mol. The molecule has 4 heteroatoms. The number of quaternary nitrogens is 1. The minimum absolute atomic E-state index is 0.00396.